The Balaban J connectivity index is 1.97. The van der Waals surface area contributed by atoms with Gasteiger partial charge in [0.1, 0.15) is 5.82 Å². The van der Waals surface area contributed by atoms with Gasteiger partial charge in [0.2, 0.25) is 5.91 Å². The molecule has 0 bridgehead atoms. The molecule has 2 rings (SSSR count). The molecule has 0 heterocycles. The minimum Gasteiger partial charge on any atom is -0.394 e. The highest BCUT2D eigenvalue weighted by Gasteiger charge is 2.42. The Morgan fingerprint density at radius 2 is 2.18 bits per heavy atom. The van der Waals surface area contributed by atoms with E-state index >= 15 is 0 Å². The maximum atomic E-state index is 13.2. The summed E-state index contributed by atoms with van der Waals surface area (Å²) in [5.74, 6) is -0.667. The van der Waals surface area contributed by atoms with Gasteiger partial charge in [-0.05, 0) is 25.0 Å². The molecule has 90 valence electrons. The largest absolute Gasteiger partial charge is 0.394 e. The van der Waals surface area contributed by atoms with E-state index in [2.05, 4.69) is 5.32 Å². The van der Waals surface area contributed by atoms with Gasteiger partial charge in [-0.2, -0.15) is 0 Å². The van der Waals surface area contributed by atoms with Crippen LogP contribution in [0.4, 0.5) is 4.39 Å². The molecule has 0 saturated heterocycles. The van der Waals surface area contributed by atoms with E-state index in [1.54, 1.807) is 18.2 Å². The second-order valence-corrected chi connectivity index (χ2v) is 4.28. The van der Waals surface area contributed by atoms with Crippen LogP contribution in [0.15, 0.2) is 30.3 Å². The first-order chi connectivity index (χ1) is 8.15. The lowest BCUT2D eigenvalue weighted by Crippen LogP contribution is -2.38. The topological polar surface area (TPSA) is 49.3 Å². The third-order valence-electron chi connectivity index (χ3n) is 2.86. The lowest BCUT2D eigenvalue weighted by atomic mass is 10.2. The molecule has 1 saturated carbocycles. The minimum atomic E-state index is -0.434. The number of rotatable bonds is 4. The van der Waals surface area contributed by atoms with Crippen molar-refractivity contribution < 1.29 is 14.3 Å². The van der Waals surface area contributed by atoms with Crippen molar-refractivity contribution in [1.29, 1.82) is 0 Å². The molecular formula is C13H14FNO2. The predicted octanol–water partition coefficient (Wildman–Crippen LogP) is 1.48. The number of aliphatic hydroxyl groups excluding tert-OH is 1. The van der Waals surface area contributed by atoms with Gasteiger partial charge in [0.05, 0.1) is 12.1 Å². The van der Waals surface area contributed by atoms with Crippen LogP contribution < -0.4 is 5.32 Å². The first-order valence-corrected chi connectivity index (χ1v) is 5.51. The minimum absolute atomic E-state index is 0.0493. The summed E-state index contributed by atoms with van der Waals surface area (Å²) in [5, 5.41) is 11.7. The average Bonchev–Trinajstić information content (AvgIpc) is 3.08. The Morgan fingerprint density at radius 1 is 1.47 bits per heavy atom. The number of hydrogen-bond acceptors (Lipinski definition) is 2. The summed E-state index contributed by atoms with van der Waals surface area (Å²) >= 11 is 0. The first-order valence-electron chi connectivity index (χ1n) is 5.51. The zero-order valence-electron chi connectivity index (χ0n) is 9.32. The Labute approximate surface area is 99.0 Å². The summed E-state index contributed by atoms with van der Waals surface area (Å²) in [5.41, 5.74) is -0.0621. The van der Waals surface area contributed by atoms with Gasteiger partial charge in [-0.15, -0.1) is 0 Å². The van der Waals surface area contributed by atoms with Crippen molar-refractivity contribution >= 4 is 12.0 Å². The lowest BCUT2D eigenvalue weighted by molar-refractivity contribution is -0.117. The molecule has 1 fully saturated rings. The van der Waals surface area contributed by atoms with Crippen LogP contribution in [0.2, 0.25) is 0 Å². The van der Waals surface area contributed by atoms with E-state index in [9.17, 15) is 9.18 Å². The SMILES string of the molecule is O=C(/C=C/c1ccccc1F)NC1(CO)CC1. The van der Waals surface area contributed by atoms with Crippen LogP contribution in [0.3, 0.4) is 0 Å². The number of benzene rings is 1. The van der Waals surface area contributed by atoms with Crippen LogP contribution in [0.1, 0.15) is 18.4 Å². The van der Waals surface area contributed by atoms with E-state index in [0.717, 1.165) is 12.8 Å². The van der Waals surface area contributed by atoms with E-state index < -0.39 is 5.54 Å². The smallest absolute Gasteiger partial charge is 0.244 e. The van der Waals surface area contributed by atoms with E-state index in [-0.39, 0.29) is 18.3 Å². The summed E-state index contributed by atoms with van der Waals surface area (Å²) < 4.78 is 13.2. The highest BCUT2D eigenvalue weighted by molar-refractivity contribution is 5.92. The molecule has 0 spiro atoms. The van der Waals surface area contributed by atoms with Crippen LogP contribution >= 0.6 is 0 Å². The van der Waals surface area contributed by atoms with Crippen LogP contribution in [-0.4, -0.2) is 23.2 Å². The first kappa shape index (κ1) is 11.8. The molecule has 1 aliphatic carbocycles. The number of carbonyl (C=O) groups excluding carboxylic acids is 1. The van der Waals surface area contributed by atoms with Crippen molar-refractivity contribution in [2.24, 2.45) is 0 Å². The zero-order valence-corrected chi connectivity index (χ0v) is 9.32. The van der Waals surface area contributed by atoms with E-state index in [0.29, 0.717) is 5.56 Å². The van der Waals surface area contributed by atoms with Gasteiger partial charge in [0.15, 0.2) is 0 Å². The molecule has 1 aliphatic rings. The van der Waals surface area contributed by atoms with E-state index in [4.69, 9.17) is 5.11 Å². The monoisotopic (exact) mass is 235 g/mol. The highest BCUT2D eigenvalue weighted by Crippen LogP contribution is 2.34. The molecule has 0 aliphatic heterocycles. The fourth-order valence-electron chi connectivity index (χ4n) is 1.55. The highest BCUT2D eigenvalue weighted by atomic mass is 19.1. The van der Waals surface area contributed by atoms with Crippen molar-refractivity contribution in [3.63, 3.8) is 0 Å². The van der Waals surface area contributed by atoms with Crippen molar-refractivity contribution in [3.05, 3.63) is 41.7 Å². The van der Waals surface area contributed by atoms with Gasteiger partial charge in [0, 0.05) is 11.6 Å². The van der Waals surface area contributed by atoms with Gasteiger partial charge < -0.3 is 10.4 Å². The van der Waals surface area contributed by atoms with Crippen molar-refractivity contribution in [2.45, 2.75) is 18.4 Å². The van der Waals surface area contributed by atoms with E-state index in [1.165, 1.54) is 18.2 Å². The maximum Gasteiger partial charge on any atom is 0.244 e. The summed E-state index contributed by atoms with van der Waals surface area (Å²) in [6.45, 7) is -0.0493. The molecule has 4 heteroatoms. The second-order valence-electron chi connectivity index (χ2n) is 4.28. The standard InChI is InChI=1S/C13H14FNO2/c14-11-4-2-1-3-10(11)5-6-12(17)15-13(9-16)7-8-13/h1-6,16H,7-9H2,(H,15,17)/b6-5+. The van der Waals surface area contributed by atoms with E-state index in [1.807, 2.05) is 0 Å². The number of halogens is 1. The average molecular weight is 235 g/mol. The quantitative estimate of drug-likeness (QED) is 0.777. The summed E-state index contributed by atoms with van der Waals surface area (Å²) in [6.07, 6.45) is 4.30. The molecule has 1 amide bonds. The molecule has 0 radical (unpaired) electrons. The van der Waals surface area contributed by atoms with Gasteiger partial charge in [0.25, 0.3) is 0 Å². The fourth-order valence-corrected chi connectivity index (χ4v) is 1.55. The van der Waals surface area contributed by atoms with Crippen molar-refractivity contribution in [2.75, 3.05) is 6.61 Å². The summed E-state index contributed by atoms with van der Waals surface area (Å²) in [4.78, 5) is 11.5. The number of carbonyl (C=O) groups is 1. The van der Waals surface area contributed by atoms with Gasteiger partial charge in [-0.25, -0.2) is 4.39 Å². The third kappa shape index (κ3) is 2.91. The van der Waals surface area contributed by atoms with Crippen LogP contribution in [0, 0.1) is 5.82 Å². The van der Waals surface area contributed by atoms with Gasteiger partial charge in [-0.3, -0.25) is 4.79 Å². The Bertz CT molecular complexity index is 452. The van der Waals surface area contributed by atoms with Gasteiger partial charge >= 0.3 is 0 Å². The third-order valence-corrected chi connectivity index (χ3v) is 2.86. The Hall–Kier alpha value is -1.68. The molecule has 0 atom stereocenters. The Morgan fingerprint density at radius 3 is 2.76 bits per heavy atom. The molecule has 3 nitrogen and oxygen atoms in total. The van der Waals surface area contributed by atoms with Gasteiger partial charge in [-0.1, -0.05) is 18.2 Å². The molecular weight excluding hydrogens is 221 g/mol. The number of aliphatic hydroxyl groups is 1. The number of amides is 1. The van der Waals surface area contributed by atoms with Crippen molar-refractivity contribution in [1.82, 2.24) is 5.32 Å². The molecule has 1 aromatic carbocycles. The fraction of sp³-hybridized carbons (Fsp3) is 0.308. The van der Waals surface area contributed by atoms with Crippen LogP contribution in [0.25, 0.3) is 6.08 Å². The molecule has 2 N–H and O–H groups in total. The Kier molecular flexibility index (Phi) is 3.24. The summed E-state index contributed by atoms with van der Waals surface area (Å²) in [7, 11) is 0. The molecule has 0 aromatic heterocycles. The summed E-state index contributed by atoms with van der Waals surface area (Å²) in [6, 6.07) is 6.24. The number of hydrogen-bond donors (Lipinski definition) is 2. The second kappa shape index (κ2) is 4.67. The molecule has 17 heavy (non-hydrogen) atoms. The maximum absolute atomic E-state index is 13.2. The zero-order chi connectivity index (χ0) is 12.3. The lowest BCUT2D eigenvalue weighted by Gasteiger charge is -2.11. The van der Waals surface area contributed by atoms with Crippen LogP contribution in [0.5, 0.6) is 0 Å². The number of nitrogens with one attached hydrogen (secondary N) is 1. The van der Waals surface area contributed by atoms with Crippen molar-refractivity contribution in [3.8, 4) is 0 Å². The molecule has 1 aromatic rings. The predicted molar refractivity (Wildman–Crippen MR) is 62.6 cm³/mol. The normalized spacial score (nSPS) is 17.1. The van der Waals surface area contributed by atoms with Crippen LogP contribution in [-0.2, 0) is 4.79 Å². The molecule has 0 unspecified atom stereocenters.